The zero-order chi connectivity index (χ0) is 30.4. The van der Waals surface area contributed by atoms with Crippen LogP contribution < -0.4 is 0 Å². The molecule has 2 aromatic carbocycles. The molecule has 11 heteroatoms. The number of nitrogens with zero attached hydrogens (tertiary/aromatic N) is 3. The van der Waals surface area contributed by atoms with Crippen LogP contribution in [0, 0.1) is 5.92 Å². The quantitative estimate of drug-likeness (QED) is 0.397. The molecule has 3 aromatic rings. The molecule has 0 spiro atoms. The fraction of sp³-hybridized carbons (Fsp3) is 0.452. The molecular weight excluding hydrogens is 558 g/mol. The Morgan fingerprint density at radius 2 is 1.64 bits per heavy atom. The van der Waals surface area contributed by atoms with Crippen LogP contribution in [0.1, 0.15) is 72.5 Å². The topological polar surface area (TPSA) is 115 Å². The van der Waals surface area contributed by atoms with Crippen LogP contribution in [0.25, 0.3) is 10.9 Å². The first-order chi connectivity index (χ1) is 19.8. The van der Waals surface area contributed by atoms with Gasteiger partial charge in [0.25, 0.3) is 15.9 Å². The number of aromatic nitrogens is 1. The molecule has 0 saturated carbocycles. The van der Waals surface area contributed by atoms with E-state index in [-0.39, 0.29) is 35.9 Å². The largest absolute Gasteiger partial charge is 0.465 e. The van der Waals surface area contributed by atoms with Crippen molar-refractivity contribution in [2.24, 2.45) is 5.92 Å². The highest BCUT2D eigenvalue weighted by atomic mass is 32.2. The monoisotopic (exact) mass is 595 g/mol. The van der Waals surface area contributed by atoms with Crippen molar-refractivity contribution in [1.82, 2.24) is 13.8 Å². The van der Waals surface area contributed by atoms with Crippen molar-refractivity contribution in [3.05, 3.63) is 64.8 Å². The van der Waals surface area contributed by atoms with Gasteiger partial charge >= 0.3 is 12.1 Å². The highest BCUT2D eigenvalue weighted by molar-refractivity contribution is 7.90. The van der Waals surface area contributed by atoms with E-state index in [1.165, 1.54) is 23.2 Å². The third-order valence-corrected chi connectivity index (χ3v) is 9.69. The number of fused-ring (bicyclic) bond motifs is 3. The lowest BCUT2D eigenvalue weighted by atomic mass is 9.98. The van der Waals surface area contributed by atoms with Crippen molar-refractivity contribution in [2.45, 2.75) is 64.0 Å². The number of hydrogen-bond donors (Lipinski definition) is 0. The van der Waals surface area contributed by atoms with Crippen molar-refractivity contribution < 1.29 is 32.3 Å². The number of ether oxygens (including phenoxy) is 2. The van der Waals surface area contributed by atoms with Gasteiger partial charge in [0.05, 0.1) is 24.7 Å². The molecule has 10 nitrogen and oxygen atoms in total. The number of esters is 1. The van der Waals surface area contributed by atoms with Gasteiger partial charge in [-0.15, -0.1) is 0 Å². The van der Waals surface area contributed by atoms with Crippen LogP contribution in [0.3, 0.4) is 0 Å². The van der Waals surface area contributed by atoms with E-state index in [1.54, 1.807) is 56.0 Å². The fourth-order valence-electron chi connectivity index (χ4n) is 5.67. The first-order valence-corrected chi connectivity index (χ1v) is 15.6. The van der Waals surface area contributed by atoms with Crippen molar-refractivity contribution in [3.8, 4) is 0 Å². The summed E-state index contributed by atoms with van der Waals surface area (Å²) in [7, 11) is -3.09. The third-order valence-electron chi connectivity index (χ3n) is 7.88. The Kier molecular flexibility index (Phi) is 7.82. The van der Waals surface area contributed by atoms with E-state index in [1.807, 2.05) is 4.90 Å². The molecule has 2 amide bonds. The summed E-state index contributed by atoms with van der Waals surface area (Å²) in [5.41, 5.74) is 1.18. The van der Waals surface area contributed by atoms with Crippen molar-refractivity contribution in [1.29, 1.82) is 0 Å². The SMILES string of the molecule is COC(=O)c1ccccc1S(=O)(=O)n1c2c(c3cc(C(=O)N4CCC(C)CC4)ccc31)CN(C(=O)OC(C)(C)C)CC2. The van der Waals surface area contributed by atoms with Crippen molar-refractivity contribution >= 4 is 38.9 Å². The van der Waals surface area contributed by atoms with Crippen molar-refractivity contribution in [3.63, 3.8) is 0 Å². The predicted molar refractivity (Wildman–Crippen MR) is 157 cm³/mol. The molecule has 0 unspecified atom stereocenters. The maximum Gasteiger partial charge on any atom is 0.410 e. The molecule has 42 heavy (non-hydrogen) atoms. The Hall–Kier alpha value is -3.86. The van der Waals surface area contributed by atoms with E-state index in [2.05, 4.69) is 6.92 Å². The molecule has 1 fully saturated rings. The van der Waals surface area contributed by atoms with Crippen LogP contribution in [-0.2, 0) is 32.5 Å². The first kappa shape index (κ1) is 29.6. The molecule has 0 atom stereocenters. The summed E-state index contributed by atoms with van der Waals surface area (Å²) >= 11 is 0. The zero-order valence-electron chi connectivity index (χ0n) is 24.7. The summed E-state index contributed by atoms with van der Waals surface area (Å²) in [5.74, 6) is -0.308. The summed E-state index contributed by atoms with van der Waals surface area (Å²) in [4.78, 5) is 42.2. The van der Waals surface area contributed by atoms with Gasteiger partial charge in [0.15, 0.2) is 0 Å². The molecule has 0 aliphatic carbocycles. The molecule has 1 aromatic heterocycles. The van der Waals surface area contributed by atoms with Gasteiger partial charge in [0.2, 0.25) is 0 Å². The number of carbonyl (C=O) groups is 3. The average Bonchev–Trinajstić information content (AvgIpc) is 3.29. The van der Waals surface area contributed by atoms with Crippen LogP contribution in [-0.4, -0.2) is 72.5 Å². The number of amides is 2. The van der Waals surface area contributed by atoms with E-state index in [0.29, 0.717) is 46.7 Å². The Bertz CT molecular complexity index is 1660. The number of methoxy groups -OCH3 is 1. The summed E-state index contributed by atoms with van der Waals surface area (Å²) < 4.78 is 40.3. The van der Waals surface area contributed by atoms with E-state index in [0.717, 1.165) is 12.8 Å². The minimum Gasteiger partial charge on any atom is -0.465 e. The lowest BCUT2D eigenvalue weighted by Crippen LogP contribution is -2.40. The van der Waals surface area contributed by atoms with Crippen molar-refractivity contribution in [2.75, 3.05) is 26.7 Å². The normalized spacial score (nSPS) is 16.3. The molecular formula is C31H37N3O7S. The molecule has 1 saturated heterocycles. The summed E-state index contributed by atoms with van der Waals surface area (Å²) in [5, 5.41) is 0.564. The standard InChI is InChI=1S/C31H37N3O7S/c1-20-12-15-32(16-13-20)28(35)21-10-11-25-23(18-21)24-19-33(30(37)41-31(2,3)4)17-14-26(24)34(25)42(38,39)27-9-7-6-8-22(27)29(36)40-5/h6-11,18,20H,12-17,19H2,1-5H3. The third kappa shape index (κ3) is 5.49. The predicted octanol–water partition coefficient (Wildman–Crippen LogP) is 4.83. The highest BCUT2D eigenvalue weighted by Crippen LogP contribution is 2.36. The van der Waals surface area contributed by atoms with Gasteiger partial charge in [-0.25, -0.2) is 22.0 Å². The second kappa shape index (κ2) is 11.1. The second-order valence-corrected chi connectivity index (χ2v) is 13.8. The van der Waals surface area contributed by atoms with Crippen LogP contribution in [0.5, 0.6) is 0 Å². The summed E-state index contributed by atoms with van der Waals surface area (Å²) in [6.07, 6.45) is 1.60. The Morgan fingerprint density at radius 3 is 2.31 bits per heavy atom. The number of piperidine rings is 1. The number of carbonyl (C=O) groups excluding carboxylic acids is 3. The average molecular weight is 596 g/mol. The van der Waals surface area contributed by atoms with Gasteiger partial charge in [-0.1, -0.05) is 19.1 Å². The second-order valence-electron chi connectivity index (χ2n) is 12.0. The number of benzene rings is 2. The van der Waals surface area contributed by atoms with E-state index in [9.17, 15) is 22.8 Å². The summed E-state index contributed by atoms with van der Waals surface area (Å²) in [6.45, 7) is 9.23. The van der Waals surface area contributed by atoms with E-state index >= 15 is 0 Å². The fourth-order valence-corrected chi connectivity index (χ4v) is 7.46. The first-order valence-electron chi connectivity index (χ1n) is 14.2. The number of rotatable bonds is 4. The van der Waals surface area contributed by atoms with Gasteiger partial charge in [-0.05, 0) is 69.9 Å². The molecule has 0 N–H and O–H groups in total. The number of hydrogen-bond acceptors (Lipinski definition) is 7. The van der Waals surface area contributed by atoms with E-state index in [4.69, 9.17) is 9.47 Å². The smallest absolute Gasteiger partial charge is 0.410 e. The lowest BCUT2D eigenvalue weighted by molar-refractivity contribution is 0.0223. The molecule has 3 heterocycles. The zero-order valence-corrected chi connectivity index (χ0v) is 25.5. The van der Waals surface area contributed by atoms with Gasteiger partial charge in [-0.3, -0.25) is 4.79 Å². The Balaban J connectivity index is 1.65. The Morgan fingerprint density at radius 1 is 0.952 bits per heavy atom. The molecule has 2 aliphatic rings. The molecule has 2 aliphatic heterocycles. The minimum atomic E-state index is -4.29. The van der Waals surface area contributed by atoms with Gasteiger partial charge in [0.1, 0.15) is 10.5 Å². The van der Waals surface area contributed by atoms with Crippen LogP contribution in [0.4, 0.5) is 4.79 Å². The summed E-state index contributed by atoms with van der Waals surface area (Å²) in [6, 6.07) is 10.9. The van der Waals surface area contributed by atoms with E-state index < -0.39 is 27.7 Å². The molecule has 5 rings (SSSR count). The van der Waals surface area contributed by atoms with Gasteiger partial charge in [-0.2, -0.15) is 0 Å². The molecule has 224 valence electrons. The van der Waals surface area contributed by atoms with Crippen LogP contribution in [0.2, 0.25) is 0 Å². The maximum atomic E-state index is 14.3. The Labute approximate surface area is 246 Å². The number of likely N-dealkylation sites (tertiary alicyclic amines) is 1. The van der Waals surface area contributed by atoms with Gasteiger partial charge < -0.3 is 19.3 Å². The van der Waals surface area contributed by atoms with Crippen LogP contribution >= 0.6 is 0 Å². The maximum absolute atomic E-state index is 14.3. The van der Waals surface area contributed by atoms with Crippen LogP contribution in [0.15, 0.2) is 47.4 Å². The van der Waals surface area contributed by atoms with Gasteiger partial charge in [0, 0.05) is 48.3 Å². The highest BCUT2D eigenvalue weighted by Gasteiger charge is 2.35. The molecule has 0 radical (unpaired) electrons. The molecule has 0 bridgehead atoms. The minimum absolute atomic E-state index is 0.0760. The lowest BCUT2D eigenvalue weighted by Gasteiger charge is -2.31.